The number of aryl methyl sites for hydroxylation is 1. The van der Waals surface area contributed by atoms with Crippen LogP contribution in [0.25, 0.3) is 11.1 Å². The molecule has 0 atom stereocenters. The molecule has 0 fully saturated rings. The lowest BCUT2D eigenvalue weighted by Gasteiger charge is -2.10. The van der Waals surface area contributed by atoms with Gasteiger partial charge in [-0.05, 0) is 40.5 Å². The van der Waals surface area contributed by atoms with Crippen LogP contribution in [0, 0.1) is 6.92 Å². The molecule has 0 unspecified atom stereocenters. The summed E-state index contributed by atoms with van der Waals surface area (Å²) in [5.74, 6) is 0. The number of benzene rings is 1. The van der Waals surface area contributed by atoms with Crippen molar-refractivity contribution in [1.82, 2.24) is 4.98 Å². The second-order valence-corrected chi connectivity index (χ2v) is 4.44. The number of rotatable bonds is 1. The highest BCUT2D eigenvalue weighted by Crippen LogP contribution is 2.32. The summed E-state index contributed by atoms with van der Waals surface area (Å²) in [5, 5.41) is 0. The molecule has 4 heteroatoms. The van der Waals surface area contributed by atoms with Crippen LogP contribution in [0.4, 0.5) is 11.4 Å². The van der Waals surface area contributed by atoms with E-state index < -0.39 is 0 Å². The molecule has 1 aromatic carbocycles. The molecular weight excluding hydrogens is 266 g/mol. The Bertz CT molecular complexity index is 538. The Morgan fingerprint density at radius 3 is 2.62 bits per heavy atom. The van der Waals surface area contributed by atoms with Gasteiger partial charge in [-0.3, -0.25) is 0 Å². The predicted octanol–water partition coefficient (Wildman–Crippen LogP) is 2.98. The van der Waals surface area contributed by atoms with Crippen LogP contribution in [-0.4, -0.2) is 4.98 Å². The van der Waals surface area contributed by atoms with Gasteiger partial charge in [0.2, 0.25) is 0 Å². The Balaban J connectivity index is 2.63. The van der Waals surface area contributed by atoms with Crippen molar-refractivity contribution in [1.29, 1.82) is 0 Å². The van der Waals surface area contributed by atoms with E-state index in [2.05, 4.69) is 20.9 Å². The molecule has 2 rings (SSSR count). The number of nitrogens with zero attached hydrogens (tertiary/aromatic N) is 1. The van der Waals surface area contributed by atoms with Crippen LogP contribution in [-0.2, 0) is 0 Å². The van der Waals surface area contributed by atoms with Gasteiger partial charge in [0.25, 0.3) is 0 Å². The van der Waals surface area contributed by atoms with E-state index in [1.54, 1.807) is 12.3 Å². The van der Waals surface area contributed by atoms with Crippen molar-refractivity contribution in [3.05, 3.63) is 40.6 Å². The zero-order valence-electron chi connectivity index (χ0n) is 8.87. The summed E-state index contributed by atoms with van der Waals surface area (Å²) in [5.41, 5.74) is 16.0. The highest BCUT2D eigenvalue weighted by atomic mass is 79.9. The molecule has 2 aromatic rings. The average molecular weight is 278 g/mol. The lowest BCUT2D eigenvalue weighted by atomic mass is 10.0. The summed E-state index contributed by atoms with van der Waals surface area (Å²) in [6.07, 6.45) is 1.80. The lowest BCUT2D eigenvalue weighted by molar-refractivity contribution is 1.24. The molecule has 0 saturated heterocycles. The van der Waals surface area contributed by atoms with Crippen molar-refractivity contribution in [2.24, 2.45) is 0 Å². The normalized spacial score (nSPS) is 10.4. The van der Waals surface area contributed by atoms with Crippen LogP contribution >= 0.6 is 15.9 Å². The van der Waals surface area contributed by atoms with E-state index in [4.69, 9.17) is 11.5 Å². The first kappa shape index (κ1) is 11.0. The third kappa shape index (κ3) is 1.88. The Morgan fingerprint density at radius 1 is 1.19 bits per heavy atom. The number of nitrogens with two attached hydrogens (primary N) is 2. The highest BCUT2D eigenvalue weighted by molar-refractivity contribution is 9.10. The Morgan fingerprint density at radius 2 is 1.94 bits per heavy atom. The van der Waals surface area contributed by atoms with Gasteiger partial charge in [0.05, 0.1) is 11.4 Å². The molecule has 0 bridgehead atoms. The van der Waals surface area contributed by atoms with Crippen LogP contribution in [0.2, 0.25) is 0 Å². The summed E-state index contributed by atoms with van der Waals surface area (Å²) in [7, 11) is 0. The maximum Gasteiger partial charge on any atom is 0.106 e. The number of halogens is 1. The molecular formula is C12H12BrN3. The zero-order valence-corrected chi connectivity index (χ0v) is 10.5. The van der Waals surface area contributed by atoms with Gasteiger partial charge >= 0.3 is 0 Å². The smallest absolute Gasteiger partial charge is 0.106 e. The molecule has 1 aromatic heterocycles. The standard InChI is InChI=1S/C12H12BrN3/c1-7-5-11(13)16-6-9(7)8-3-2-4-10(14)12(8)15/h2-6H,14-15H2,1H3. The van der Waals surface area contributed by atoms with E-state index in [0.717, 1.165) is 21.3 Å². The van der Waals surface area contributed by atoms with E-state index >= 15 is 0 Å². The van der Waals surface area contributed by atoms with Gasteiger partial charge in [-0.15, -0.1) is 0 Å². The van der Waals surface area contributed by atoms with Crippen LogP contribution in [0.3, 0.4) is 0 Å². The summed E-state index contributed by atoms with van der Waals surface area (Å²) in [6.45, 7) is 2.02. The predicted molar refractivity (Wildman–Crippen MR) is 70.9 cm³/mol. The van der Waals surface area contributed by atoms with Gasteiger partial charge < -0.3 is 11.5 Å². The monoisotopic (exact) mass is 277 g/mol. The summed E-state index contributed by atoms with van der Waals surface area (Å²) in [4.78, 5) is 4.21. The summed E-state index contributed by atoms with van der Waals surface area (Å²) < 4.78 is 0.816. The third-order valence-electron chi connectivity index (χ3n) is 2.51. The minimum atomic E-state index is 0.597. The topological polar surface area (TPSA) is 64.9 Å². The van der Waals surface area contributed by atoms with E-state index in [1.165, 1.54) is 0 Å². The number of pyridine rings is 1. The van der Waals surface area contributed by atoms with E-state index in [-0.39, 0.29) is 0 Å². The number of hydrogen-bond donors (Lipinski definition) is 2. The van der Waals surface area contributed by atoms with Crippen LogP contribution < -0.4 is 11.5 Å². The molecule has 4 N–H and O–H groups in total. The molecule has 3 nitrogen and oxygen atoms in total. The average Bonchev–Trinajstić information content (AvgIpc) is 2.23. The SMILES string of the molecule is Cc1cc(Br)ncc1-c1cccc(N)c1N. The van der Waals surface area contributed by atoms with Gasteiger partial charge in [0.1, 0.15) is 4.60 Å². The number of nitrogen functional groups attached to an aromatic ring is 2. The first-order valence-corrected chi connectivity index (χ1v) is 5.65. The number of para-hydroxylation sites is 1. The van der Waals surface area contributed by atoms with E-state index in [9.17, 15) is 0 Å². The molecule has 0 radical (unpaired) electrons. The molecule has 82 valence electrons. The first-order valence-electron chi connectivity index (χ1n) is 4.86. The lowest BCUT2D eigenvalue weighted by Crippen LogP contribution is -1.98. The van der Waals surface area contributed by atoms with Gasteiger partial charge in [-0.2, -0.15) is 0 Å². The van der Waals surface area contributed by atoms with Crippen molar-refractivity contribution >= 4 is 27.3 Å². The van der Waals surface area contributed by atoms with Gasteiger partial charge in [-0.25, -0.2) is 4.98 Å². The molecule has 0 aliphatic rings. The Hall–Kier alpha value is -1.55. The summed E-state index contributed by atoms with van der Waals surface area (Å²) >= 11 is 3.33. The fourth-order valence-electron chi connectivity index (χ4n) is 1.62. The van der Waals surface area contributed by atoms with Crippen LogP contribution in [0.5, 0.6) is 0 Å². The van der Waals surface area contributed by atoms with E-state index in [1.807, 2.05) is 25.1 Å². The zero-order chi connectivity index (χ0) is 11.7. The number of hydrogen-bond acceptors (Lipinski definition) is 3. The number of aromatic nitrogens is 1. The maximum absolute atomic E-state index is 5.96. The number of anilines is 2. The van der Waals surface area contributed by atoms with Crippen molar-refractivity contribution in [2.75, 3.05) is 11.5 Å². The second-order valence-electron chi connectivity index (χ2n) is 3.63. The quantitative estimate of drug-likeness (QED) is 0.622. The van der Waals surface area contributed by atoms with Gasteiger partial charge in [0.15, 0.2) is 0 Å². The largest absolute Gasteiger partial charge is 0.397 e. The van der Waals surface area contributed by atoms with Crippen molar-refractivity contribution < 1.29 is 0 Å². The van der Waals surface area contributed by atoms with Crippen LogP contribution in [0.15, 0.2) is 35.1 Å². The molecule has 1 heterocycles. The molecule has 0 aliphatic heterocycles. The highest BCUT2D eigenvalue weighted by Gasteiger charge is 2.08. The fraction of sp³-hybridized carbons (Fsp3) is 0.0833. The van der Waals surface area contributed by atoms with Gasteiger partial charge in [0, 0.05) is 17.3 Å². The van der Waals surface area contributed by atoms with Crippen molar-refractivity contribution in [3.8, 4) is 11.1 Å². The minimum Gasteiger partial charge on any atom is -0.397 e. The van der Waals surface area contributed by atoms with Crippen LogP contribution in [0.1, 0.15) is 5.56 Å². The fourth-order valence-corrected chi connectivity index (χ4v) is 2.07. The third-order valence-corrected chi connectivity index (χ3v) is 2.94. The Kier molecular flexibility index (Phi) is 2.83. The second kappa shape index (κ2) is 4.14. The molecule has 0 spiro atoms. The maximum atomic E-state index is 5.96. The molecule has 16 heavy (non-hydrogen) atoms. The Labute approximate surface area is 103 Å². The van der Waals surface area contributed by atoms with E-state index in [0.29, 0.717) is 11.4 Å². The molecule has 0 aliphatic carbocycles. The first-order chi connectivity index (χ1) is 7.59. The van der Waals surface area contributed by atoms with Crippen molar-refractivity contribution in [2.45, 2.75) is 6.92 Å². The minimum absolute atomic E-state index is 0.597. The van der Waals surface area contributed by atoms with Crippen molar-refractivity contribution in [3.63, 3.8) is 0 Å². The molecule has 0 amide bonds. The molecule has 0 saturated carbocycles. The van der Waals surface area contributed by atoms with Gasteiger partial charge in [-0.1, -0.05) is 12.1 Å². The summed E-state index contributed by atoms with van der Waals surface area (Å²) in [6, 6.07) is 7.59.